The third-order valence-electron chi connectivity index (χ3n) is 4.45. The highest BCUT2D eigenvalue weighted by Crippen LogP contribution is 2.23. The molecular formula is C21H22BrN3O3. The van der Waals surface area contributed by atoms with E-state index in [1.54, 1.807) is 0 Å². The summed E-state index contributed by atoms with van der Waals surface area (Å²) in [6, 6.07) is 13.4. The molecule has 1 amide bonds. The monoisotopic (exact) mass is 443 g/mol. The van der Waals surface area contributed by atoms with Gasteiger partial charge in [0, 0.05) is 10.0 Å². The van der Waals surface area contributed by atoms with Crippen LogP contribution < -0.4 is 10.1 Å². The number of halogens is 1. The zero-order valence-corrected chi connectivity index (χ0v) is 17.6. The maximum Gasteiger partial charge on any atom is 0.261 e. The predicted octanol–water partition coefficient (Wildman–Crippen LogP) is 4.59. The Morgan fingerprint density at radius 1 is 1.25 bits per heavy atom. The van der Waals surface area contributed by atoms with Gasteiger partial charge in [0.05, 0.1) is 6.54 Å². The Balaban J connectivity index is 1.62. The van der Waals surface area contributed by atoms with Crippen molar-refractivity contribution in [1.82, 2.24) is 15.5 Å². The van der Waals surface area contributed by atoms with Crippen LogP contribution in [0.3, 0.4) is 0 Å². The van der Waals surface area contributed by atoms with E-state index in [-0.39, 0.29) is 12.5 Å². The minimum Gasteiger partial charge on any atom is -0.480 e. The van der Waals surface area contributed by atoms with Crippen molar-refractivity contribution in [2.75, 3.05) is 0 Å². The van der Waals surface area contributed by atoms with E-state index >= 15 is 0 Å². The van der Waals surface area contributed by atoms with Gasteiger partial charge in [-0.05, 0) is 49.6 Å². The fraction of sp³-hybridized carbons (Fsp3) is 0.286. The van der Waals surface area contributed by atoms with Gasteiger partial charge in [-0.1, -0.05) is 52.3 Å². The third-order valence-corrected chi connectivity index (χ3v) is 4.95. The Bertz CT molecular complexity index is 971. The number of aryl methyl sites for hydroxylation is 1. The second-order valence-electron chi connectivity index (χ2n) is 6.45. The number of nitrogens with one attached hydrogen (secondary N) is 1. The molecule has 2 aromatic carbocycles. The average molecular weight is 444 g/mol. The SMILES string of the molecule is CC[C@@H](Oc1cccc(C)c1C)C(=O)NCc1nc(-c2cccc(Br)c2)no1. The summed E-state index contributed by atoms with van der Waals surface area (Å²) >= 11 is 3.42. The Hall–Kier alpha value is -2.67. The minimum atomic E-state index is -0.590. The van der Waals surface area contributed by atoms with Gasteiger partial charge in [0.1, 0.15) is 5.75 Å². The molecule has 0 bridgehead atoms. The van der Waals surface area contributed by atoms with Crippen molar-refractivity contribution in [1.29, 1.82) is 0 Å². The van der Waals surface area contributed by atoms with Crippen LogP contribution in [-0.4, -0.2) is 22.2 Å². The number of benzene rings is 2. The molecule has 1 N–H and O–H groups in total. The number of rotatable bonds is 7. The van der Waals surface area contributed by atoms with Crippen LogP contribution in [0.5, 0.6) is 5.75 Å². The average Bonchev–Trinajstić information content (AvgIpc) is 3.16. The Morgan fingerprint density at radius 3 is 2.79 bits per heavy atom. The predicted molar refractivity (Wildman–Crippen MR) is 110 cm³/mol. The van der Waals surface area contributed by atoms with Gasteiger partial charge in [-0.2, -0.15) is 4.98 Å². The molecule has 0 saturated heterocycles. The summed E-state index contributed by atoms with van der Waals surface area (Å²) in [5.41, 5.74) is 2.99. The van der Waals surface area contributed by atoms with Crippen LogP contribution in [0.4, 0.5) is 0 Å². The van der Waals surface area contributed by atoms with E-state index in [0.29, 0.717) is 18.1 Å². The zero-order chi connectivity index (χ0) is 20.1. The van der Waals surface area contributed by atoms with Gasteiger partial charge in [-0.25, -0.2) is 0 Å². The normalized spacial score (nSPS) is 11.9. The standard InChI is InChI=1S/C21H22BrN3O3/c1-4-17(27-18-10-5-7-13(2)14(18)3)21(26)23-12-19-24-20(25-28-19)15-8-6-9-16(22)11-15/h5-11,17H,4,12H2,1-3H3,(H,23,26)/t17-/m1/s1. The summed E-state index contributed by atoms with van der Waals surface area (Å²) in [5.74, 6) is 1.32. The van der Waals surface area contributed by atoms with E-state index < -0.39 is 6.10 Å². The molecule has 0 aliphatic heterocycles. The van der Waals surface area contributed by atoms with Gasteiger partial charge in [0.25, 0.3) is 5.91 Å². The molecule has 7 heteroatoms. The van der Waals surface area contributed by atoms with Crippen LogP contribution >= 0.6 is 15.9 Å². The summed E-state index contributed by atoms with van der Waals surface area (Å²) in [6.45, 7) is 6.05. The second-order valence-corrected chi connectivity index (χ2v) is 7.37. The van der Waals surface area contributed by atoms with E-state index in [4.69, 9.17) is 9.26 Å². The molecule has 146 valence electrons. The summed E-state index contributed by atoms with van der Waals surface area (Å²) in [5, 5.41) is 6.78. The number of ether oxygens (including phenoxy) is 1. The quantitative estimate of drug-likeness (QED) is 0.577. The van der Waals surface area contributed by atoms with Crippen LogP contribution in [0.1, 0.15) is 30.4 Å². The highest BCUT2D eigenvalue weighted by Gasteiger charge is 2.20. The van der Waals surface area contributed by atoms with Gasteiger partial charge < -0.3 is 14.6 Å². The first-order valence-corrected chi connectivity index (χ1v) is 9.86. The molecule has 6 nitrogen and oxygen atoms in total. The molecule has 1 atom stereocenters. The molecule has 0 spiro atoms. The van der Waals surface area contributed by atoms with Gasteiger partial charge in [-0.15, -0.1) is 0 Å². The van der Waals surface area contributed by atoms with Gasteiger partial charge >= 0.3 is 0 Å². The van der Waals surface area contributed by atoms with Crippen molar-refractivity contribution in [3.63, 3.8) is 0 Å². The lowest BCUT2D eigenvalue weighted by Gasteiger charge is -2.18. The van der Waals surface area contributed by atoms with E-state index in [9.17, 15) is 4.79 Å². The Morgan fingerprint density at radius 2 is 2.04 bits per heavy atom. The molecule has 28 heavy (non-hydrogen) atoms. The summed E-state index contributed by atoms with van der Waals surface area (Å²) in [4.78, 5) is 16.9. The first-order chi connectivity index (χ1) is 13.5. The summed E-state index contributed by atoms with van der Waals surface area (Å²) in [6.07, 6.45) is -0.0419. The number of aromatic nitrogens is 2. The zero-order valence-electron chi connectivity index (χ0n) is 16.0. The summed E-state index contributed by atoms with van der Waals surface area (Å²) in [7, 11) is 0. The van der Waals surface area contributed by atoms with Gasteiger partial charge in [0.15, 0.2) is 6.10 Å². The molecule has 0 fully saturated rings. The molecule has 3 rings (SSSR count). The molecule has 0 radical (unpaired) electrons. The first-order valence-electron chi connectivity index (χ1n) is 9.07. The number of nitrogens with zero attached hydrogens (tertiary/aromatic N) is 2. The first kappa shape index (κ1) is 20.1. The van der Waals surface area contributed by atoms with Crippen molar-refractivity contribution < 1.29 is 14.1 Å². The number of amides is 1. The lowest BCUT2D eigenvalue weighted by atomic mass is 10.1. The maximum atomic E-state index is 12.5. The highest BCUT2D eigenvalue weighted by atomic mass is 79.9. The number of hydrogen-bond acceptors (Lipinski definition) is 5. The van der Waals surface area contributed by atoms with Crippen molar-refractivity contribution >= 4 is 21.8 Å². The fourth-order valence-corrected chi connectivity index (χ4v) is 3.07. The smallest absolute Gasteiger partial charge is 0.261 e. The van der Waals surface area contributed by atoms with E-state index in [0.717, 1.165) is 26.9 Å². The molecular weight excluding hydrogens is 422 g/mol. The van der Waals surface area contributed by atoms with Gasteiger partial charge in [0.2, 0.25) is 11.7 Å². The van der Waals surface area contributed by atoms with E-state index in [1.165, 1.54) is 0 Å². The van der Waals surface area contributed by atoms with Crippen LogP contribution in [-0.2, 0) is 11.3 Å². The van der Waals surface area contributed by atoms with Crippen LogP contribution in [0.25, 0.3) is 11.4 Å². The fourth-order valence-electron chi connectivity index (χ4n) is 2.68. The molecule has 0 unspecified atom stereocenters. The number of carbonyl (C=O) groups excluding carboxylic acids is 1. The molecule has 0 aliphatic rings. The Kier molecular flexibility index (Phi) is 6.46. The van der Waals surface area contributed by atoms with E-state index in [1.807, 2.05) is 63.2 Å². The summed E-state index contributed by atoms with van der Waals surface area (Å²) < 4.78 is 12.1. The number of hydrogen-bond donors (Lipinski definition) is 1. The molecule has 3 aromatic rings. The third kappa shape index (κ3) is 4.78. The van der Waals surface area contributed by atoms with Crippen molar-refractivity contribution in [3.8, 4) is 17.1 Å². The van der Waals surface area contributed by atoms with Crippen molar-refractivity contribution in [2.24, 2.45) is 0 Å². The molecule has 1 aromatic heterocycles. The minimum absolute atomic E-state index is 0.145. The molecule has 0 saturated carbocycles. The second kappa shape index (κ2) is 9.01. The van der Waals surface area contributed by atoms with Crippen LogP contribution in [0, 0.1) is 13.8 Å². The van der Waals surface area contributed by atoms with Crippen molar-refractivity contribution in [2.45, 2.75) is 39.8 Å². The lowest BCUT2D eigenvalue weighted by Crippen LogP contribution is -2.37. The van der Waals surface area contributed by atoms with Crippen LogP contribution in [0.2, 0.25) is 0 Å². The largest absolute Gasteiger partial charge is 0.480 e. The number of carbonyl (C=O) groups is 1. The lowest BCUT2D eigenvalue weighted by molar-refractivity contribution is -0.128. The maximum absolute atomic E-state index is 12.5. The van der Waals surface area contributed by atoms with Gasteiger partial charge in [-0.3, -0.25) is 4.79 Å². The molecule has 1 heterocycles. The highest BCUT2D eigenvalue weighted by molar-refractivity contribution is 9.10. The topological polar surface area (TPSA) is 77.2 Å². The Labute approximate surface area is 172 Å². The molecule has 0 aliphatic carbocycles. The van der Waals surface area contributed by atoms with Crippen LogP contribution in [0.15, 0.2) is 51.5 Å². The van der Waals surface area contributed by atoms with Crippen molar-refractivity contribution in [3.05, 3.63) is 64.0 Å². The van der Waals surface area contributed by atoms with E-state index in [2.05, 4.69) is 31.4 Å².